The Balaban J connectivity index is 1.71. The molecule has 3 rings (SSSR count). The van der Waals surface area contributed by atoms with Crippen LogP contribution in [0.3, 0.4) is 0 Å². The third-order valence-corrected chi connectivity index (χ3v) is 5.45. The molecule has 1 saturated heterocycles. The third-order valence-electron chi connectivity index (χ3n) is 4.18. The summed E-state index contributed by atoms with van der Waals surface area (Å²) in [6.07, 6.45) is 5.47. The summed E-state index contributed by atoms with van der Waals surface area (Å²) in [4.78, 5) is 11.8. The summed E-state index contributed by atoms with van der Waals surface area (Å²) in [5.41, 5.74) is -0.175. The molecule has 0 radical (unpaired) electrons. The van der Waals surface area contributed by atoms with Gasteiger partial charge in [-0.2, -0.15) is 0 Å². The first-order valence-electron chi connectivity index (χ1n) is 6.91. The van der Waals surface area contributed by atoms with E-state index < -0.39 is 11.8 Å². The van der Waals surface area contributed by atoms with Gasteiger partial charge in [0, 0.05) is 16.8 Å². The van der Waals surface area contributed by atoms with Gasteiger partial charge in [0.25, 0.3) is 0 Å². The van der Waals surface area contributed by atoms with Crippen LogP contribution in [-0.4, -0.2) is 28.5 Å². The molecule has 1 atom stereocenters. The summed E-state index contributed by atoms with van der Waals surface area (Å²) in [5, 5.41) is 9.38. The van der Waals surface area contributed by atoms with E-state index in [-0.39, 0.29) is 11.2 Å². The fourth-order valence-corrected chi connectivity index (χ4v) is 4.26. The summed E-state index contributed by atoms with van der Waals surface area (Å²) in [7, 11) is 0. The summed E-state index contributed by atoms with van der Waals surface area (Å²) in [6, 6.07) is 4.34. The Kier molecular flexibility index (Phi) is 3.73. The molecular weight excluding hydrogens is 279 g/mol. The predicted octanol–water partition coefficient (Wildman–Crippen LogP) is 3.72. The monoisotopic (exact) mass is 296 g/mol. The molecule has 0 aromatic heterocycles. The van der Waals surface area contributed by atoms with Crippen LogP contribution in [0.15, 0.2) is 23.1 Å². The third kappa shape index (κ3) is 2.69. The maximum atomic E-state index is 13.4. The van der Waals surface area contributed by atoms with Crippen molar-refractivity contribution >= 4 is 17.7 Å². The number of hydrogen-bond acceptors (Lipinski definition) is 3. The lowest BCUT2D eigenvalue weighted by Crippen LogP contribution is -2.46. The summed E-state index contributed by atoms with van der Waals surface area (Å²) in [6.45, 7) is 0.769. The van der Waals surface area contributed by atoms with E-state index in [9.17, 15) is 9.18 Å². The Morgan fingerprint density at radius 2 is 2.25 bits per heavy atom. The molecule has 20 heavy (non-hydrogen) atoms. The van der Waals surface area contributed by atoms with Crippen molar-refractivity contribution in [2.45, 2.75) is 47.9 Å². The average Bonchev–Trinajstić information content (AvgIpc) is 2.39. The molecule has 0 amide bonds. The molecular formula is C15H17FO3S. The normalized spacial score (nSPS) is 24.4. The van der Waals surface area contributed by atoms with Gasteiger partial charge in [-0.15, -0.1) is 11.8 Å². The first-order valence-corrected chi connectivity index (χ1v) is 7.79. The Hall–Kier alpha value is -1.07. The number of thioether (sulfide) groups is 1. The highest BCUT2D eigenvalue weighted by atomic mass is 32.2. The van der Waals surface area contributed by atoms with E-state index in [0.717, 1.165) is 37.2 Å². The van der Waals surface area contributed by atoms with E-state index in [2.05, 4.69) is 0 Å². The first-order chi connectivity index (χ1) is 9.58. The topological polar surface area (TPSA) is 46.5 Å². The van der Waals surface area contributed by atoms with Gasteiger partial charge >= 0.3 is 5.97 Å². The molecule has 1 unspecified atom stereocenters. The fourth-order valence-electron chi connectivity index (χ4n) is 2.94. The lowest BCUT2D eigenvalue weighted by atomic mass is 9.75. The minimum Gasteiger partial charge on any atom is -0.478 e. The van der Waals surface area contributed by atoms with Crippen molar-refractivity contribution < 1.29 is 19.0 Å². The number of aromatic carboxylic acids is 1. The van der Waals surface area contributed by atoms with Crippen LogP contribution in [0.2, 0.25) is 0 Å². The van der Waals surface area contributed by atoms with Crippen molar-refractivity contribution in [1.29, 1.82) is 0 Å². The van der Waals surface area contributed by atoms with Gasteiger partial charge in [-0.25, -0.2) is 9.18 Å². The molecule has 108 valence electrons. The van der Waals surface area contributed by atoms with Gasteiger partial charge in [0.05, 0.1) is 11.2 Å². The van der Waals surface area contributed by atoms with Crippen LogP contribution in [0.5, 0.6) is 0 Å². The van der Waals surface area contributed by atoms with Gasteiger partial charge in [0.2, 0.25) is 0 Å². The Morgan fingerprint density at radius 1 is 1.45 bits per heavy atom. The molecule has 1 saturated carbocycles. The van der Waals surface area contributed by atoms with Crippen LogP contribution in [0.25, 0.3) is 0 Å². The van der Waals surface area contributed by atoms with Gasteiger partial charge in [-0.05, 0) is 50.3 Å². The molecule has 1 spiro atoms. The quantitative estimate of drug-likeness (QED) is 0.923. The van der Waals surface area contributed by atoms with E-state index in [1.165, 1.54) is 18.6 Å². The van der Waals surface area contributed by atoms with Crippen LogP contribution in [0.1, 0.15) is 42.5 Å². The SMILES string of the molecule is O=C(O)c1cc(SC2CCOC3(CCC3)C2)ccc1F. The molecule has 2 aliphatic rings. The van der Waals surface area contributed by atoms with Crippen molar-refractivity contribution in [3.63, 3.8) is 0 Å². The Bertz CT molecular complexity index is 528. The zero-order valence-corrected chi connectivity index (χ0v) is 11.9. The average molecular weight is 296 g/mol. The van der Waals surface area contributed by atoms with Crippen molar-refractivity contribution in [1.82, 2.24) is 0 Å². The molecule has 1 aromatic carbocycles. The second-order valence-electron chi connectivity index (χ2n) is 5.56. The van der Waals surface area contributed by atoms with E-state index in [0.29, 0.717) is 5.25 Å². The molecule has 1 aliphatic carbocycles. The minimum absolute atomic E-state index is 0.0750. The first kappa shape index (κ1) is 13.9. The Morgan fingerprint density at radius 3 is 2.90 bits per heavy atom. The van der Waals surface area contributed by atoms with Gasteiger partial charge in [0.1, 0.15) is 5.82 Å². The smallest absolute Gasteiger partial charge is 0.338 e. The van der Waals surface area contributed by atoms with E-state index in [4.69, 9.17) is 9.84 Å². The standard InChI is InChI=1S/C15H17FO3S/c16-13-3-2-10(8-12(13)14(17)18)20-11-4-7-19-15(9-11)5-1-6-15/h2-3,8,11H,1,4-7,9H2,(H,17,18). The van der Waals surface area contributed by atoms with Gasteiger partial charge in [-0.3, -0.25) is 0 Å². The van der Waals surface area contributed by atoms with Crippen LogP contribution in [0.4, 0.5) is 4.39 Å². The zero-order valence-electron chi connectivity index (χ0n) is 11.1. The lowest BCUT2D eigenvalue weighted by molar-refractivity contribution is -0.125. The van der Waals surface area contributed by atoms with Crippen molar-refractivity contribution in [3.8, 4) is 0 Å². The highest BCUT2D eigenvalue weighted by molar-refractivity contribution is 8.00. The molecule has 3 nitrogen and oxygen atoms in total. The number of benzene rings is 1. The maximum absolute atomic E-state index is 13.4. The second-order valence-corrected chi connectivity index (χ2v) is 6.94. The van der Waals surface area contributed by atoms with Gasteiger partial charge in [0.15, 0.2) is 0 Å². The van der Waals surface area contributed by atoms with Crippen LogP contribution in [0, 0.1) is 5.82 Å². The Labute approximate surface area is 121 Å². The predicted molar refractivity (Wildman–Crippen MR) is 74.8 cm³/mol. The van der Waals surface area contributed by atoms with E-state index >= 15 is 0 Å². The second kappa shape index (κ2) is 5.37. The van der Waals surface area contributed by atoms with Crippen molar-refractivity contribution in [3.05, 3.63) is 29.6 Å². The van der Waals surface area contributed by atoms with E-state index in [1.807, 2.05) is 0 Å². The van der Waals surface area contributed by atoms with Crippen LogP contribution in [-0.2, 0) is 4.74 Å². The molecule has 5 heteroatoms. The van der Waals surface area contributed by atoms with E-state index in [1.54, 1.807) is 17.8 Å². The number of hydrogen-bond donors (Lipinski definition) is 1. The highest BCUT2D eigenvalue weighted by Crippen LogP contribution is 2.46. The summed E-state index contributed by atoms with van der Waals surface area (Å²) < 4.78 is 19.3. The zero-order chi connectivity index (χ0) is 14.2. The number of carboxylic acid groups (broad SMARTS) is 1. The summed E-state index contributed by atoms with van der Waals surface area (Å²) >= 11 is 1.65. The molecule has 1 heterocycles. The number of carbonyl (C=O) groups is 1. The molecule has 1 aromatic rings. The van der Waals surface area contributed by atoms with Crippen molar-refractivity contribution in [2.24, 2.45) is 0 Å². The lowest BCUT2D eigenvalue weighted by Gasteiger charge is -2.47. The fraction of sp³-hybridized carbons (Fsp3) is 0.533. The molecule has 0 bridgehead atoms. The number of carboxylic acids is 1. The van der Waals surface area contributed by atoms with Crippen LogP contribution >= 0.6 is 11.8 Å². The molecule has 2 fully saturated rings. The number of halogens is 1. The highest BCUT2D eigenvalue weighted by Gasteiger charge is 2.42. The molecule has 1 N–H and O–H groups in total. The van der Waals surface area contributed by atoms with Gasteiger partial charge < -0.3 is 9.84 Å². The number of rotatable bonds is 3. The maximum Gasteiger partial charge on any atom is 0.338 e. The van der Waals surface area contributed by atoms with Crippen LogP contribution < -0.4 is 0 Å². The van der Waals surface area contributed by atoms with Crippen molar-refractivity contribution in [2.75, 3.05) is 6.61 Å². The number of ether oxygens (including phenoxy) is 1. The summed E-state index contributed by atoms with van der Waals surface area (Å²) in [5.74, 6) is -1.89. The molecule has 1 aliphatic heterocycles. The van der Waals surface area contributed by atoms with Gasteiger partial charge in [-0.1, -0.05) is 0 Å². The largest absolute Gasteiger partial charge is 0.478 e. The minimum atomic E-state index is -1.22.